The summed E-state index contributed by atoms with van der Waals surface area (Å²) in [6, 6.07) is 4.75. The maximum absolute atomic E-state index is 12.5. The molecule has 2 aromatic rings. The highest BCUT2D eigenvalue weighted by Gasteiger charge is 2.47. The number of aromatic nitrogens is 3. The van der Waals surface area contributed by atoms with Crippen LogP contribution in [0.2, 0.25) is 0 Å². The predicted octanol–water partition coefficient (Wildman–Crippen LogP) is 2.68. The highest BCUT2D eigenvalue weighted by Crippen LogP contribution is 2.41. The van der Waals surface area contributed by atoms with Gasteiger partial charge < -0.3 is 4.18 Å². The van der Waals surface area contributed by atoms with Gasteiger partial charge in [0.25, 0.3) is 0 Å². The molecule has 0 bridgehead atoms. The van der Waals surface area contributed by atoms with Gasteiger partial charge in [0.2, 0.25) is 4.21 Å². The molecule has 9 heteroatoms. The van der Waals surface area contributed by atoms with Gasteiger partial charge in [0.1, 0.15) is 5.52 Å². The molecule has 1 aliphatic rings. The third-order valence-corrected chi connectivity index (χ3v) is 6.18. The second-order valence-electron chi connectivity index (χ2n) is 4.36. The Labute approximate surface area is 130 Å². The minimum absolute atomic E-state index is 0.0148. The van der Waals surface area contributed by atoms with E-state index in [2.05, 4.69) is 15.4 Å². The highest BCUT2D eigenvalue weighted by atomic mass is 35.5. The number of nitrogens with one attached hydrogen (secondary N) is 1. The van der Waals surface area contributed by atoms with Crippen LogP contribution in [0.15, 0.2) is 41.5 Å². The van der Waals surface area contributed by atoms with E-state index in [9.17, 15) is 8.42 Å². The van der Waals surface area contributed by atoms with Crippen molar-refractivity contribution in [3.05, 3.63) is 41.5 Å². The van der Waals surface area contributed by atoms with E-state index < -0.39 is 14.3 Å². The number of halogens is 2. The number of allylic oxidation sites excluding steroid dienone is 3. The van der Waals surface area contributed by atoms with Gasteiger partial charge in [-0.3, -0.25) is 0 Å². The van der Waals surface area contributed by atoms with Crippen LogP contribution in [0.1, 0.15) is 6.42 Å². The number of hydrogen-bond acceptors (Lipinski definition) is 5. The molecule has 1 atom stereocenters. The van der Waals surface area contributed by atoms with Gasteiger partial charge in [-0.05, 0) is 18.2 Å². The summed E-state index contributed by atoms with van der Waals surface area (Å²) >= 11 is 12.1. The molecule has 0 spiro atoms. The summed E-state index contributed by atoms with van der Waals surface area (Å²) in [6.45, 7) is 0. The van der Waals surface area contributed by atoms with E-state index in [1.165, 1.54) is 12.1 Å². The summed E-state index contributed by atoms with van der Waals surface area (Å²) in [5, 5.41) is 10.1. The number of rotatable bonds is 3. The third-order valence-electron chi connectivity index (χ3n) is 3.02. The lowest BCUT2D eigenvalue weighted by molar-refractivity contribution is 0.473. The molecule has 0 saturated carbocycles. The van der Waals surface area contributed by atoms with Crippen molar-refractivity contribution >= 4 is 44.4 Å². The van der Waals surface area contributed by atoms with Crippen molar-refractivity contribution in [1.29, 1.82) is 0 Å². The van der Waals surface area contributed by atoms with Gasteiger partial charge in [-0.1, -0.05) is 41.4 Å². The number of H-pyrrole nitrogens is 1. The second-order valence-corrected chi connectivity index (χ2v) is 7.41. The van der Waals surface area contributed by atoms with E-state index >= 15 is 0 Å². The van der Waals surface area contributed by atoms with Crippen molar-refractivity contribution in [2.75, 3.05) is 0 Å². The van der Waals surface area contributed by atoms with Crippen LogP contribution >= 0.6 is 23.2 Å². The second kappa shape index (κ2) is 5.01. The average molecular weight is 346 g/mol. The fraction of sp³-hybridized carbons (Fsp3) is 0.167. The summed E-state index contributed by atoms with van der Waals surface area (Å²) in [7, 11) is -4.22. The molecular weight excluding hydrogens is 337 g/mol. The van der Waals surface area contributed by atoms with Gasteiger partial charge in [0.15, 0.2) is 11.3 Å². The fourth-order valence-corrected chi connectivity index (χ4v) is 3.70. The Balaban J connectivity index is 2.03. The van der Waals surface area contributed by atoms with Crippen molar-refractivity contribution in [2.45, 2.75) is 10.6 Å². The van der Waals surface area contributed by atoms with Crippen LogP contribution in [0.4, 0.5) is 0 Å². The number of aromatic amines is 1. The van der Waals surface area contributed by atoms with Crippen molar-refractivity contribution in [1.82, 2.24) is 15.4 Å². The minimum Gasteiger partial charge on any atom is -0.378 e. The van der Waals surface area contributed by atoms with Crippen LogP contribution in [0, 0.1) is 0 Å². The Morgan fingerprint density at radius 2 is 2.14 bits per heavy atom. The molecule has 1 heterocycles. The van der Waals surface area contributed by atoms with Gasteiger partial charge >= 0.3 is 10.1 Å². The Morgan fingerprint density at radius 1 is 1.33 bits per heavy atom. The average Bonchev–Trinajstić information content (AvgIpc) is 2.91. The molecule has 0 radical (unpaired) electrons. The summed E-state index contributed by atoms with van der Waals surface area (Å²) in [4.78, 5) is 0. The Kier molecular flexibility index (Phi) is 3.43. The topological polar surface area (TPSA) is 84.9 Å². The lowest BCUT2D eigenvalue weighted by atomic mass is 10.2. The smallest absolute Gasteiger partial charge is 0.334 e. The zero-order valence-electron chi connectivity index (χ0n) is 10.5. The van der Waals surface area contributed by atoms with E-state index in [1.54, 1.807) is 24.3 Å². The molecule has 3 rings (SSSR count). The van der Waals surface area contributed by atoms with Crippen LogP contribution in [0.3, 0.4) is 0 Å². The van der Waals surface area contributed by atoms with Crippen LogP contribution in [-0.2, 0) is 10.1 Å². The van der Waals surface area contributed by atoms with Crippen molar-refractivity contribution in [3.63, 3.8) is 0 Å². The van der Waals surface area contributed by atoms with Gasteiger partial charge in [0.05, 0.1) is 5.03 Å². The molecule has 1 aromatic carbocycles. The number of hydrogen-bond donors (Lipinski definition) is 1. The number of alkyl halides is 1. The number of fused-ring (bicyclic) bond motifs is 1. The van der Waals surface area contributed by atoms with Crippen molar-refractivity contribution in [2.24, 2.45) is 0 Å². The summed E-state index contributed by atoms with van der Waals surface area (Å²) in [6.07, 6.45) is 4.68. The van der Waals surface area contributed by atoms with E-state index in [-0.39, 0.29) is 17.2 Å². The Bertz CT molecular complexity index is 860. The number of nitrogens with zero attached hydrogens (tertiary/aromatic N) is 2. The van der Waals surface area contributed by atoms with Gasteiger partial charge in [0, 0.05) is 6.42 Å². The third kappa shape index (κ3) is 2.31. The molecule has 1 N–H and O–H groups in total. The summed E-state index contributed by atoms with van der Waals surface area (Å²) < 4.78 is 28.3. The van der Waals surface area contributed by atoms with Crippen LogP contribution in [0.5, 0.6) is 5.75 Å². The van der Waals surface area contributed by atoms with Crippen molar-refractivity contribution < 1.29 is 12.6 Å². The minimum atomic E-state index is -4.22. The molecule has 0 amide bonds. The molecule has 1 aromatic heterocycles. The largest absolute Gasteiger partial charge is 0.378 e. The standard InChI is InChI=1S/C12H9Cl2N3O3S/c13-10-6-1-2-7-12(10,14)21(18,19)20-9-5-3-4-8-11(9)16-17-15-8/h1-6H,7H2,(H,15,16,17). The zero-order chi connectivity index (χ0) is 15.1. The molecular formula is C12H9Cl2N3O3S. The van der Waals surface area contributed by atoms with E-state index in [0.717, 1.165) is 0 Å². The first-order chi connectivity index (χ1) is 9.94. The maximum Gasteiger partial charge on any atom is 0.334 e. The molecule has 0 fully saturated rings. The molecule has 6 nitrogen and oxygen atoms in total. The monoisotopic (exact) mass is 345 g/mol. The quantitative estimate of drug-likeness (QED) is 0.682. The zero-order valence-corrected chi connectivity index (χ0v) is 12.8. The normalized spacial score (nSPS) is 22.3. The van der Waals surface area contributed by atoms with Gasteiger partial charge in [-0.25, -0.2) is 0 Å². The number of para-hydroxylation sites is 1. The summed E-state index contributed by atoms with van der Waals surface area (Å²) in [5.41, 5.74) is 0.782. The lowest BCUT2D eigenvalue weighted by Gasteiger charge is -2.26. The van der Waals surface area contributed by atoms with Crippen LogP contribution in [-0.4, -0.2) is 28.0 Å². The SMILES string of the molecule is O=S(=O)(Oc1cccc2n[nH]nc12)C1(Cl)CC=CC=C1Cl. The van der Waals surface area contributed by atoms with Crippen molar-refractivity contribution in [3.8, 4) is 5.75 Å². The molecule has 110 valence electrons. The molecule has 1 aliphatic carbocycles. The lowest BCUT2D eigenvalue weighted by Crippen LogP contribution is -2.37. The molecule has 0 saturated heterocycles. The van der Waals surface area contributed by atoms with E-state index in [1.807, 2.05) is 0 Å². The molecule has 1 unspecified atom stereocenters. The predicted molar refractivity (Wildman–Crippen MR) is 79.7 cm³/mol. The fourth-order valence-electron chi connectivity index (χ4n) is 1.91. The first kappa shape index (κ1) is 14.4. The van der Waals surface area contributed by atoms with Gasteiger partial charge in [-0.2, -0.15) is 23.8 Å². The summed E-state index contributed by atoms with van der Waals surface area (Å²) in [5.74, 6) is 0.0419. The van der Waals surface area contributed by atoms with Gasteiger partial charge in [-0.15, -0.1) is 0 Å². The molecule has 0 aliphatic heterocycles. The number of benzene rings is 1. The first-order valence-corrected chi connectivity index (χ1v) is 8.06. The van der Waals surface area contributed by atoms with Crippen LogP contribution < -0.4 is 4.18 Å². The molecule has 21 heavy (non-hydrogen) atoms. The maximum atomic E-state index is 12.5. The Hall–Kier alpha value is -1.57. The van der Waals surface area contributed by atoms with E-state index in [0.29, 0.717) is 11.0 Å². The highest BCUT2D eigenvalue weighted by molar-refractivity contribution is 7.90. The first-order valence-electron chi connectivity index (χ1n) is 5.89. The van der Waals surface area contributed by atoms with Crippen LogP contribution in [0.25, 0.3) is 11.0 Å². The Morgan fingerprint density at radius 3 is 2.90 bits per heavy atom. The van der Waals surface area contributed by atoms with E-state index in [4.69, 9.17) is 27.4 Å².